The Balaban J connectivity index is 1.83. The summed E-state index contributed by atoms with van der Waals surface area (Å²) in [6.07, 6.45) is 5.83. The summed E-state index contributed by atoms with van der Waals surface area (Å²) in [4.78, 5) is 28.1. The number of carbonyl (C=O) groups excluding carboxylic acids is 2. The Morgan fingerprint density at radius 1 is 1.42 bits per heavy atom. The van der Waals surface area contributed by atoms with Crippen molar-refractivity contribution in [1.82, 2.24) is 10.3 Å². The zero-order valence-electron chi connectivity index (χ0n) is 15.6. The van der Waals surface area contributed by atoms with Crippen molar-refractivity contribution in [3.8, 4) is 0 Å². The number of hydrogen-bond donors (Lipinski definition) is 2. The molecule has 0 saturated heterocycles. The second-order valence-electron chi connectivity index (χ2n) is 7.02. The quantitative estimate of drug-likeness (QED) is 0.761. The number of aryl methyl sites for hydroxylation is 1. The molecule has 0 unspecified atom stereocenters. The van der Waals surface area contributed by atoms with E-state index < -0.39 is 12.0 Å². The van der Waals surface area contributed by atoms with Gasteiger partial charge in [0, 0.05) is 22.2 Å². The number of H-pyrrole nitrogens is 1. The molecule has 1 aromatic heterocycles. The molecule has 1 aromatic carbocycles. The molecule has 3 rings (SSSR count). The van der Waals surface area contributed by atoms with Crippen LogP contribution in [0.2, 0.25) is 0 Å². The fraction of sp³-hybridized carbons (Fsp3) is 0.500. The highest BCUT2D eigenvalue weighted by atomic mass is 32.2. The standard InChI is InChI=1S/C20H26N2O3S/c1-12-4-6-16-14(10-12)15-11-13(5-7-17(15)21-16)19(23)22-18(8-9-26-3)20(24)25-2/h5,7,11-12,18,21H,4,6,8-10H2,1-3H3,(H,22,23)/t12-,18+/m1/s1. The van der Waals surface area contributed by atoms with Crippen molar-refractivity contribution in [3.63, 3.8) is 0 Å². The summed E-state index contributed by atoms with van der Waals surface area (Å²) in [7, 11) is 1.35. The molecule has 2 aromatic rings. The highest BCUT2D eigenvalue weighted by Crippen LogP contribution is 2.32. The van der Waals surface area contributed by atoms with Gasteiger partial charge in [-0.1, -0.05) is 6.92 Å². The van der Waals surface area contributed by atoms with E-state index in [0.717, 1.165) is 29.5 Å². The number of thioether (sulfide) groups is 1. The predicted octanol–water partition coefficient (Wildman–Crippen LogP) is 3.32. The van der Waals surface area contributed by atoms with Gasteiger partial charge in [0.25, 0.3) is 5.91 Å². The van der Waals surface area contributed by atoms with Crippen molar-refractivity contribution in [2.75, 3.05) is 19.1 Å². The van der Waals surface area contributed by atoms with E-state index in [1.54, 1.807) is 11.8 Å². The molecule has 0 radical (unpaired) electrons. The summed E-state index contributed by atoms with van der Waals surface area (Å²) < 4.78 is 4.82. The van der Waals surface area contributed by atoms with Crippen LogP contribution >= 0.6 is 11.8 Å². The average molecular weight is 375 g/mol. The minimum atomic E-state index is -0.615. The number of hydrogen-bond acceptors (Lipinski definition) is 4. The molecule has 0 spiro atoms. The third-order valence-electron chi connectivity index (χ3n) is 5.10. The lowest BCUT2D eigenvalue weighted by molar-refractivity contribution is -0.142. The number of aromatic amines is 1. The van der Waals surface area contributed by atoms with Crippen molar-refractivity contribution in [2.45, 2.75) is 38.6 Å². The number of esters is 1. The van der Waals surface area contributed by atoms with E-state index >= 15 is 0 Å². The molecule has 0 saturated carbocycles. The Hall–Kier alpha value is -1.95. The molecule has 0 aliphatic heterocycles. The molecule has 1 amide bonds. The third-order valence-corrected chi connectivity index (χ3v) is 5.74. The van der Waals surface area contributed by atoms with Crippen LogP contribution < -0.4 is 5.32 Å². The lowest BCUT2D eigenvalue weighted by Gasteiger charge is -2.18. The molecule has 26 heavy (non-hydrogen) atoms. The van der Waals surface area contributed by atoms with Gasteiger partial charge in [0.2, 0.25) is 0 Å². The smallest absolute Gasteiger partial charge is 0.328 e. The molecule has 1 heterocycles. The number of ether oxygens (including phenoxy) is 1. The third kappa shape index (κ3) is 3.90. The predicted molar refractivity (Wildman–Crippen MR) is 106 cm³/mol. The fourth-order valence-corrected chi connectivity index (χ4v) is 4.07. The first kappa shape index (κ1) is 18.8. The average Bonchev–Trinajstić information content (AvgIpc) is 3.01. The molecule has 140 valence electrons. The van der Waals surface area contributed by atoms with Crippen LogP contribution in [-0.4, -0.2) is 42.0 Å². The van der Waals surface area contributed by atoms with E-state index in [2.05, 4.69) is 17.2 Å². The van der Waals surface area contributed by atoms with Gasteiger partial charge in [-0.15, -0.1) is 0 Å². The van der Waals surface area contributed by atoms with Crippen LogP contribution in [0.1, 0.15) is 41.4 Å². The Morgan fingerprint density at radius 2 is 2.23 bits per heavy atom. The van der Waals surface area contributed by atoms with Crippen LogP contribution in [0.3, 0.4) is 0 Å². The van der Waals surface area contributed by atoms with Gasteiger partial charge in [-0.05, 0) is 67.4 Å². The summed E-state index contributed by atoms with van der Waals surface area (Å²) in [5, 5.41) is 3.95. The second-order valence-corrected chi connectivity index (χ2v) is 8.01. The Bertz CT molecular complexity index is 815. The van der Waals surface area contributed by atoms with E-state index in [1.165, 1.54) is 24.8 Å². The Labute approximate surface area is 158 Å². The monoisotopic (exact) mass is 374 g/mol. The van der Waals surface area contributed by atoms with Gasteiger partial charge in [0.1, 0.15) is 6.04 Å². The maximum Gasteiger partial charge on any atom is 0.328 e. The van der Waals surface area contributed by atoms with Crippen LogP contribution in [0.15, 0.2) is 18.2 Å². The fourth-order valence-electron chi connectivity index (χ4n) is 3.60. The lowest BCUT2D eigenvalue weighted by atomic mass is 9.87. The molecule has 0 fully saturated rings. The number of carbonyl (C=O) groups is 2. The van der Waals surface area contributed by atoms with E-state index in [0.29, 0.717) is 17.9 Å². The maximum absolute atomic E-state index is 12.7. The van der Waals surface area contributed by atoms with Crippen molar-refractivity contribution >= 4 is 34.5 Å². The summed E-state index contributed by atoms with van der Waals surface area (Å²) in [6.45, 7) is 2.27. The number of benzene rings is 1. The van der Waals surface area contributed by atoms with Crippen molar-refractivity contribution < 1.29 is 14.3 Å². The summed E-state index contributed by atoms with van der Waals surface area (Å²) in [5.41, 5.74) is 4.28. The molecule has 1 aliphatic rings. The summed E-state index contributed by atoms with van der Waals surface area (Å²) in [6, 6.07) is 5.10. The van der Waals surface area contributed by atoms with Gasteiger partial charge >= 0.3 is 5.97 Å². The van der Waals surface area contributed by atoms with E-state index in [-0.39, 0.29) is 5.91 Å². The highest BCUT2D eigenvalue weighted by molar-refractivity contribution is 7.98. The number of fused-ring (bicyclic) bond motifs is 3. The van der Waals surface area contributed by atoms with Crippen LogP contribution in [0.4, 0.5) is 0 Å². The number of amides is 1. The SMILES string of the molecule is COC(=O)[C@H](CCSC)NC(=O)c1ccc2[nH]c3c(c2c1)C[C@H](C)CC3. The first-order valence-corrected chi connectivity index (χ1v) is 10.4. The number of rotatable bonds is 6. The Kier molecular flexibility index (Phi) is 5.91. The largest absolute Gasteiger partial charge is 0.467 e. The number of methoxy groups -OCH3 is 1. The minimum Gasteiger partial charge on any atom is -0.467 e. The molecule has 2 atom stereocenters. The summed E-state index contributed by atoms with van der Waals surface area (Å²) >= 11 is 1.64. The molecule has 6 heteroatoms. The number of nitrogens with one attached hydrogen (secondary N) is 2. The molecule has 2 N–H and O–H groups in total. The molecule has 0 bridgehead atoms. The van der Waals surface area contributed by atoms with Gasteiger partial charge in [-0.3, -0.25) is 4.79 Å². The van der Waals surface area contributed by atoms with Crippen LogP contribution in [-0.2, 0) is 22.4 Å². The number of aromatic nitrogens is 1. The van der Waals surface area contributed by atoms with Crippen molar-refractivity contribution in [3.05, 3.63) is 35.0 Å². The zero-order valence-corrected chi connectivity index (χ0v) is 16.4. The molecule has 5 nitrogen and oxygen atoms in total. The first-order chi connectivity index (χ1) is 12.5. The minimum absolute atomic E-state index is 0.234. The molecular formula is C20H26N2O3S. The van der Waals surface area contributed by atoms with E-state index in [1.807, 2.05) is 24.5 Å². The first-order valence-electron chi connectivity index (χ1n) is 9.04. The van der Waals surface area contributed by atoms with Crippen molar-refractivity contribution in [1.29, 1.82) is 0 Å². The van der Waals surface area contributed by atoms with E-state index in [9.17, 15) is 9.59 Å². The van der Waals surface area contributed by atoms with Gasteiger partial charge in [0.15, 0.2) is 0 Å². The van der Waals surface area contributed by atoms with E-state index in [4.69, 9.17) is 4.74 Å². The van der Waals surface area contributed by atoms with Crippen molar-refractivity contribution in [2.24, 2.45) is 5.92 Å². The highest BCUT2D eigenvalue weighted by Gasteiger charge is 2.23. The molecule has 1 aliphatic carbocycles. The Morgan fingerprint density at radius 3 is 2.96 bits per heavy atom. The van der Waals surface area contributed by atoms with Gasteiger partial charge in [0.05, 0.1) is 7.11 Å². The second kappa shape index (κ2) is 8.16. The molecular weight excluding hydrogens is 348 g/mol. The zero-order chi connectivity index (χ0) is 18.7. The van der Waals surface area contributed by atoms with Crippen LogP contribution in [0.5, 0.6) is 0 Å². The van der Waals surface area contributed by atoms with Gasteiger partial charge < -0.3 is 15.0 Å². The topological polar surface area (TPSA) is 71.2 Å². The van der Waals surface area contributed by atoms with Gasteiger partial charge in [-0.25, -0.2) is 4.79 Å². The van der Waals surface area contributed by atoms with Crippen LogP contribution in [0, 0.1) is 5.92 Å². The van der Waals surface area contributed by atoms with Gasteiger partial charge in [-0.2, -0.15) is 11.8 Å². The summed E-state index contributed by atoms with van der Waals surface area (Å²) in [5.74, 6) is 0.806. The lowest BCUT2D eigenvalue weighted by Crippen LogP contribution is -2.41. The maximum atomic E-state index is 12.7. The normalized spacial score (nSPS) is 17.6. The van der Waals surface area contributed by atoms with Crippen LogP contribution in [0.25, 0.3) is 10.9 Å².